The molecule has 2 aromatic heterocycles. The standard InChI is InChI=1S/C24H19ClN4O4/c1-15-4-2-5-17(12-15)23(30)27-20(13-19-6-3-11-32-19)24(31)26-14-21-28-22(29-33-21)16-7-9-18(25)10-8-16/h2-13H,14H2,1H3,(H,26,31)(H,27,30)/b20-13-. The Labute approximate surface area is 194 Å². The molecule has 0 spiro atoms. The highest BCUT2D eigenvalue weighted by Crippen LogP contribution is 2.18. The third-order valence-corrected chi connectivity index (χ3v) is 4.83. The summed E-state index contributed by atoms with van der Waals surface area (Å²) in [6.45, 7) is 1.85. The number of carbonyl (C=O) groups is 2. The summed E-state index contributed by atoms with van der Waals surface area (Å²) in [5, 5.41) is 9.83. The predicted octanol–water partition coefficient (Wildman–Crippen LogP) is 4.38. The second-order valence-corrected chi connectivity index (χ2v) is 7.53. The lowest BCUT2D eigenvalue weighted by Crippen LogP contribution is -2.34. The largest absolute Gasteiger partial charge is 0.465 e. The zero-order valence-electron chi connectivity index (χ0n) is 17.5. The number of furan rings is 1. The summed E-state index contributed by atoms with van der Waals surface area (Å²) in [5.41, 5.74) is 2.09. The van der Waals surface area contributed by atoms with Crippen molar-refractivity contribution >= 4 is 29.5 Å². The number of aromatic nitrogens is 2. The third kappa shape index (κ3) is 5.75. The van der Waals surface area contributed by atoms with Gasteiger partial charge in [0.15, 0.2) is 0 Å². The first-order chi connectivity index (χ1) is 16.0. The van der Waals surface area contributed by atoms with Crippen molar-refractivity contribution in [2.75, 3.05) is 0 Å². The molecule has 2 heterocycles. The molecule has 8 nitrogen and oxygen atoms in total. The molecule has 4 aromatic rings. The molecule has 0 saturated carbocycles. The van der Waals surface area contributed by atoms with Crippen LogP contribution < -0.4 is 10.6 Å². The SMILES string of the molecule is Cc1cccc(C(=O)N/C(=C\c2ccco2)C(=O)NCc2nc(-c3ccc(Cl)cc3)no2)c1. The molecule has 0 unspecified atom stereocenters. The summed E-state index contributed by atoms with van der Waals surface area (Å²) in [5.74, 6) is 0.0197. The number of hydrogen-bond donors (Lipinski definition) is 2. The molecule has 0 aliphatic rings. The fraction of sp³-hybridized carbons (Fsp3) is 0.0833. The highest BCUT2D eigenvalue weighted by molar-refractivity contribution is 6.30. The molecule has 2 amide bonds. The van der Waals surface area contributed by atoms with Gasteiger partial charge in [0, 0.05) is 22.2 Å². The molecule has 0 aliphatic heterocycles. The first-order valence-electron chi connectivity index (χ1n) is 9.98. The molecule has 0 fully saturated rings. The van der Waals surface area contributed by atoms with E-state index in [0.717, 1.165) is 11.1 Å². The third-order valence-electron chi connectivity index (χ3n) is 4.57. The number of rotatable bonds is 7. The molecule has 166 valence electrons. The number of halogens is 1. The van der Waals surface area contributed by atoms with Gasteiger partial charge in [-0.3, -0.25) is 9.59 Å². The molecule has 9 heteroatoms. The van der Waals surface area contributed by atoms with Crippen molar-refractivity contribution in [3.63, 3.8) is 0 Å². The van der Waals surface area contributed by atoms with Gasteiger partial charge in [-0.2, -0.15) is 4.98 Å². The average Bonchev–Trinajstić information content (AvgIpc) is 3.50. The molecular formula is C24H19ClN4O4. The van der Waals surface area contributed by atoms with Crippen LogP contribution >= 0.6 is 11.6 Å². The molecule has 4 rings (SSSR count). The van der Waals surface area contributed by atoms with Crippen LogP contribution in [0.2, 0.25) is 5.02 Å². The van der Waals surface area contributed by atoms with Crippen molar-refractivity contribution in [1.29, 1.82) is 0 Å². The Kier molecular flexibility index (Phi) is 6.66. The van der Waals surface area contributed by atoms with Gasteiger partial charge >= 0.3 is 0 Å². The van der Waals surface area contributed by atoms with E-state index >= 15 is 0 Å². The van der Waals surface area contributed by atoms with Crippen LogP contribution in [-0.4, -0.2) is 22.0 Å². The molecule has 0 radical (unpaired) electrons. The highest BCUT2D eigenvalue weighted by atomic mass is 35.5. The number of nitrogens with one attached hydrogen (secondary N) is 2. The Bertz CT molecular complexity index is 1290. The van der Waals surface area contributed by atoms with Crippen LogP contribution in [0.25, 0.3) is 17.5 Å². The molecule has 0 atom stereocenters. The minimum Gasteiger partial charge on any atom is -0.465 e. The fourth-order valence-electron chi connectivity index (χ4n) is 2.95. The molecule has 2 aromatic carbocycles. The molecule has 0 saturated heterocycles. The Morgan fingerprint density at radius 3 is 2.64 bits per heavy atom. The smallest absolute Gasteiger partial charge is 0.268 e. The van der Waals surface area contributed by atoms with E-state index in [1.807, 2.05) is 13.0 Å². The van der Waals surface area contributed by atoms with Gasteiger partial charge in [0.05, 0.1) is 12.8 Å². The first kappa shape index (κ1) is 22.0. The fourth-order valence-corrected chi connectivity index (χ4v) is 3.07. The van der Waals surface area contributed by atoms with E-state index in [-0.39, 0.29) is 18.1 Å². The summed E-state index contributed by atoms with van der Waals surface area (Å²) < 4.78 is 10.5. The predicted molar refractivity (Wildman–Crippen MR) is 122 cm³/mol. The van der Waals surface area contributed by atoms with Crippen molar-refractivity contribution < 1.29 is 18.5 Å². The van der Waals surface area contributed by atoms with Crippen LogP contribution in [0.15, 0.2) is 81.6 Å². The van der Waals surface area contributed by atoms with Gasteiger partial charge in [0.1, 0.15) is 11.5 Å². The second kappa shape index (κ2) is 9.97. The normalized spacial score (nSPS) is 11.3. The maximum Gasteiger partial charge on any atom is 0.268 e. The van der Waals surface area contributed by atoms with Crippen LogP contribution in [0.3, 0.4) is 0 Å². The van der Waals surface area contributed by atoms with E-state index in [4.69, 9.17) is 20.5 Å². The Balaban J connectivity index is 1.47. The van der Waals surface area contributed by atoms with Gasteiger partial charge < -0.3 is 19.6 Å². The lowest BCUT2D eigenvalue weighted by molar-refractivity contribution is -0.118. The van der Waals surface area contributed by atoms with E-state index in [1.165, 1.54) is 12.3 Å². The summed E-state index contributed by atoms with van der Waals surface area (Å²) >= 11 is 5.90. The molecule has 33 heavy (non-hydrogen) atoms. The number of nitrogens with zero attached hydrogens (tertiary/aromatic N) is 2. The van der Waals surface area contributed by atoms with Crippen LogP contribution in [0.5, 0.6) is 0 Å². The number of hydrogen-bond acceptors (Lipinski definition) is 6. The Hall–Kier alpha value is -4.17. The number of amides is 2. The van der Waals surface area contributed by atoms with Crippen LogP contribution in [-0.2, 0) is 11.3 Å². The number of benzene rings is 2. The van der Waals surface area contributed by atoms with E-state index in [2.05, 4.69) is 20.8 Å². The van der Waals surface area contributed by atoms with Gasteiger partial charge in [-0.25, -0.2) is 0 Å². The Morgan fingerprint density at radius 2 is 1.91 bits per heavy atom. The molecule has 2 N–H and O–H groups in total. The van der Waals surface area contributed by atoms with Gasteiger partial charge in [-0.15, -0.1) is 0 Å². The van der Waals surface area contributed by atoms with Crippen LogP contribution in [0.4, 0.5) is 0 Å². The summed E-state index contributed by atoms with van der Waals surface area (Å²) in [4.78, 5) is 29.8. The van der Waals surface area contributed by atoms with E-state index in [9.17, 15) is 9.59 Å². The molecular weight excluding hydrogens is 444 g/mol. The molecule has 0 bridgehead atoms. The van der Waals surface area contributed by atoms with Crippen LogP contribution in [0.1, 0.15) is 27.6 Å². The minimum atomic E-state index is -0.543. The van der Waals surface area contributed by atoms with Crippen molar-refractivity contribution in [1.82, 2.24) is 20.8 Å². The van der Waals surface area contributed by atoms with Gasteiger partial charge in [0.25, 0.3) is 11.8 Å². The zero-order valence-corrected chi connectivity index (χ0v) is 18.3. The minimum absolute atomic E-state index is 0.00824. The summed E-state index contributed by atoms with van der Waals surface area (Å²) in [7, 11) is 0. The van der Waals surface area contributed by atoms with E-state index in [0.29, 0.717) is 22.2 Å². The summed E-state index contributed by atoms with van der Waals surface area (Å²) in [6, 6.07) is 17.4. The van der Waals surface area contributed by atoms with Gasteiger partial charge in [0.2, 0.25) is 11.7 Å². The maximum atomic E-state index is 12.9. The maximum absolute atomic E-state index is 12.9. The highest BCUT2D eigenvalue weighted by Gasteiger charge is 2.17. The van der Waals surface area contributed by atoms with Gasteiger partial charge in [-0.1, -0.05) is 34.5 Å². The average molecular weight is 463 g/mol. The number of aryl methyl sites for hydroxylation is 1. The van der Waals surface area contributed by atoms with E-state index < -0.39 is 11.8 Å². The van der Waals surface area contributed by atoms with Crippen molar-refractivity contribution in [2.24, 2.45) is 0 Å². The lowest BCUT2D eigenvalue weighted by atomic mass is 10.1. The van der Waals surface area contributed by atoms with Crippen molar-refractivity contribution in [2.45, 2.75) is 13.5 Å². The topological polar surface area (TPSA) is 110 Å². The van der Waals surface area contributed by atoms with Crippen LogP contribution in [0, 0.1) is 6.92 Å². The van der Waals surface area contributed by atoms with Crippen molar-refractivity contribution in [3.8, 4) is 11.4 Å². The quantitative estimate of drug-likeness (QED) is 0.394. The second-order valence-electron chi connectivity index (χ2n) is 7.10. The van der Waals surface area contributed by atoms with Gasteiger partial charge in [-0.05, 0) is 55.5 Å². The lowest BCUT2D eigenvalue weighted by Gasteiger charge is -2.10. The zero-order chi connectivity index (χ0) is 23.2. The number of carbonyl (C=O) groups excluding carboxylic acids is 2. The van der Waals surface area contributed by atoms with E-state index in [1.54, 1.807) is 54.6 Å². The Morgan fingerprint density at radius 1 is 1.09 bits per heavy atom. The monoisotopic (exact) mass is 462 g/mol. The molecule has 0 aliphatic carbocycles. The van der Waals surface area contributed by atoms with Crippen molar-refractivity contribution in [3.05, 3.63) is 100 Å². The first-order valence-corrected chi connectivity index (χ1v) is 10.4. The summed E-state index contributed by atoms with van der Waals surface area (Å²) in [6.07, 6.45) is 2.91.